The first kappa shape index (κ1) is 15.4. The molecule has 0 fully saturated rings. The fourth-order valence-electron chi connectivity index (χ4n) is 2.37. The first-order chi connectivity index (χ1) is 10.0. The van der Waals surface area contributed by atoms with Crippen LogP contribution >= 0.6 is 0 Å². The number of hydrogen-bond donors (Lipinski definition) is 1. The third-order valence-electron chi connectivity index (χ3n) is 3.42. The van der Waals surface area contributed by atoms with Gasteiger partial charge in [-0.15, -0.1) is 0 Å². The predicted molar refractivity (Wildman–Crippen MR) is 84.2 cm³/mol. The summed E-state index contributed by atoms with van der Waals surface area (Å²) in [4.78, 5) is 0. The van der Waals surface area contributed by atoms with Crippen molar-refractivity contribution in [2.24, 2.45) is 0 Å². The van der Waals surface area contributed by atoms with Gasteiger partial charge in [-0.25, -0.2) is 0 Å². The third kappa shape index (κ3) is 3.37. The zero-order chi connectivity index (χ0) is 15.4. The van der Waals surface area contributed by atoms with Crippen LogP contribution < -0.4 is 9.47 Å². The molecular weight excluding hydrogens is 264 g/mol. The molecule has 0 aliphatic carbocycles. The summed E-state index contributed by atoms with van der Waals surface area (Å²) < 4.78 is 11.4. The van der Waals surface area contributed by atoms with Gasteiger partial charge >= 0.3 is 0 Å². The lowest BCUT2D eigenvalue weighted by molar-refractivity contribution is 0.190. The van der Waals surface area contributed by atoms with Crippen molar-refractivity contribution < 1.29 is 14.6 Å². The summed E-state index contributed by atoms with van der Waals surface area (Å²) in [6, 6.07) is 13.5. The zero-order valence-corrected chi connectivity index (χ0v) is 13.0. The van der Waals surface area contributed by atoms with Gasteiger partial charge in [-0.2, -0.15) is 0 Å². The van der Waals surface area contributed by atoms with Crippen LogP contribution in [0.15, 0.2) is 42.5 Å². The van der Waals surface area contributed by atoms with Gasteiger partial charge in [0.05, 0.1) is 18.8 Å². The number of aliphatic hydroxyl groups is 1. The van der Waals surface area contributed by atoms with Gasteiger partial charge in [-0.05, 0) is 36.6 Å². The van der Waals surface area contributed by atoms with Crippen LogP contribution in [-0.4, -0.2) is 12.2 Å². The Morgan fingerprint density at radius 1 is 0.857 bits per heavy atom. The number of methoxy groups -OCH3 is 1. The van der Waals surface area contributed by atoms with E-state index in [1.807, 2.05) is 36.4 Å². The van der Waals surface area contributed by atoms with Gasteiger partial charge in [-0.3, -0.25) is 0 Å². The van der Waals surface area contributed by atoms with Crippen LogP contribution in [0.5, 0.6) is 17.2 Å². The molecule has 0 aromatic heterocycles. The molecule has 0 amide bonds. The van der Waals surface area contributed by atoms with Crippen molar-refractivity contribution in [3.8, 4) is 17.2 Å². The van der Waals surface area contributed by atoms with E-state index in [0.717, 1.165) is 11.3 Å². The molecule has 0 aliphatic heterocycles. The molecule has 0 saturated heterocycles. The summed E-state index contributed by atoms with van der Waals surface area (Å²) >= 11 is 0. The summed E-state index contributed by atoms with van der Waals surface area (Å²) in [6.07, 6.45) is -0.664. The van der Waals surface area contributed by atoms with Crippen LogP contribution in [0.3, 0.4) is 0 Å². The molecule has 2 aromatic rings. The third-order valence-corrected chi connectivity index (χ3v) is 3.42. The van der Waals surface area contributed by atoms with Gasteiger partial charge in [0.15, 0.2) is 0 Å². The molecule has 0 aliphatic rings. The Balaban J connectivity index is 2.45. The fourth-order valence-corrected chi connectivity index (χ4v) is 2.37. The van der Waals surface area contributed by atoms with Crippen LogP contribution in [0.25, 0.3) is 0 Å². The maximum absolute atomic E-state index is 10.0. The second-order valence-electron chi connectivity index (χ2n) is 5.34. The Morgan fingerprint density at radius 2 is 1.48 bits per heavy atom. The first-order valence-electron chi connectivity index (χ1n) is 7.16. The van der Waals surface area contributed by atoms with E-state index < -0.39 is 6.10 Å². The van der Waals surface area contributed by atoms with Crippen LogP contribution in [0.1, 0.15) is 43.9 Å². The number of rotatable bonds is 5. The minimum absolute atomic E-state index is 0.363. The van der Waals surface area contributed by atoms with Gasteiger partial charge < -0.3 is 14.6 Å². The maximum atomic E-state index is 10.0. The largest absolute Gasteiger partial charge is 0.496 e. The Labute approximate surface area is 126 Å². The molecule has 1 atom stereocenters. The second kappa shape index (κ2) is 6.64. The number of aliphatic hydroxyl groups excluding tert-OH is 1. The summed E-state index contributed by atoms with van der Waals surface area (Å²) in [7, 11) is 1.59. The highest BCUT2D eigenvalue weighted by atomic mass is 16.5. The summed E-state index contributed by atoms with van der Waals surface area (Å²) in [6.45, 7) is 5.96. The van der Waals surface area contributed by atoms with Gasteiger partial charge in [0, 0.05) is 0 Å². The van der Waals surface area contributed by atoms with Crippen molar-refractivity contribution in [3.63, 3.8) is 0 Å². The van der Waals surface area contributed by atoms with Crippen LogP contribution in [0, 0.1) is 0 Å². The van der Waals surface area contributed by atoms with E-state index in [1.165, 1.54) is 0 Å². The minimum Gasteiger partial charge on any atom is -0.496 e. The van der Waals surface area contributed by atoms with Gasteiger partial charge in [0.1, 0.15) is 17.2 Å². The van der Waals surface area contributed by atoms with E-state index in [4.69, 9.17) is 9.47 Å². The average Bonchev–Trinajstić information content (AvgIpc) is 2.47. The quantitative estimate of drug-likeness (QED) is 0.868. The van der Waals surface area contributed by atoms with Crippen LogP contribution in [0.2, 0.25) is 0 Å². The Bertz CT molecular complexity index is 603. The Morgan fingerprint density at radius 3 is 2.10 bits per heavy atom. The van der Waals surface area contributed by atoms with E-state index >= 15 is 0 Å². The van der Waals surface area contributed by atoms with Gasteiger partial charge in [0.25, 0.3) is 0 Å². The monoisotopic (exact) mass is 286 g/mol. The Kier molecular flexibility index (Phi) is 4.86. The number of benzene rings is 2. The van der Waals surface area contributed by atoms with E-state index in [1.54, 1.807) is 14.0 Å². The zero-order valence-electron chi connectivity index (χ0n) is 13.0. The summed E-state index contributed by atoms with van der Waals surface area (Å²) in [5, 5.41) is 10.0. The summed E-state index contributed by atoms with van der Waals surface area (Å²) in [5.74, 6) is 2.42. The molecule has 3 heteroatoms. The highest BCUT2D eigenvalue weighted by Gasteiger charge is 2.17. The number of hydrogen-bond acceptors (Lipinski definition) is 3. The standard InChI is InChI=1S/C18H22O3/c1-12(2)14-8-5-6-9-15(14)21-17-11-7-10-16(20-4)18(17)13(3)19/h5-13,19H,1-4H3. The van der Waals surface area contributed by atoms with Crippen molar-refractivity contribution >= 4 is 0 Å². The normalized spacial score (nSPS) is 12.3. The fraction of sp³-hybridized carbons (Fsp3) is 0.333. The van der Waals surface area contributed by atoms with Gasteiger partial charge in [0.2, 0.25) is 0 Å². The molecule has 2 aromatic carbocycles. The maximum Gasteiger partial charge on any atom is 0.136 e. The molecule has 0 radical (unpaired) electrons. The molecule has 0 heterocycles. The summed E-state index contributed by atoms with van der Waals surface area (Å²) in [5.41, 5.74) is 1.80. The molecule has 1 N–H and O–H groups in total. The molecule has 3 nitrogen and oxygen atoms in total. The van der Waals surface area contributed by atoms with Crippen molar-refractivity contribution in [1.29, 1.82) is 0 Å². The van der Waals surface area contributed by atoms with Crippen molar-refractivity contribution in [2.45, 2.75) is 32.8 Å². The highest BCUT2D eigenvalue weighted by Crippen LogP contribution is 2.38. The van der Waals surface area contributed by atoms with Gasteiger partial charge in [-0.1, -0.05) is 38.1 Å². The molecule has 0 saturated carbocycles. The molecule has 0 bridgehead atoms. The predicted octanol–water partition coefficient (Wildman–Crippen LogP) is 4.66. The van der Waals surface area contributed by atoms with Crippen LogP contribution in [-0.2, 0) is 0 Å². The number of ether oxygens (including phenoxy) is 2. The van der Waals surface area contributed by atoms with E-state index in [2.05, 4.69) is 19.9 Å². The van der Waals surface area contributed by atoms with Crippen molar-refractivity contribution in [1.82, 2.24) is 0 Å². The van der Waals surface area contributed by atoms with E-state index in [0.29, 0.717) is 23.0 Å². The second-order valence-corrected chi connectivity index (χ2v) is 5.34. The first-order valence-corrected chi connectivity index (χ1v) is 7.16. The van der Waals surface area contributed by atoms with Crippen molar-refractivity contribution in [2.75, 3.05) is 7.11 Å². The molecule has 21 heavy (non-hydrogen) atoms. The topological polar surface area (TPSA) is 38.7 Å². The lowest BCUT2D eigenvalue weighted by Gasteiger charge is -2.19. The van der Waals surface area contributed by atoms with E-state index in [9.17, 15) is 5.11 Å². The molecule has 1 unspecified atom stereocenters. The minimum atomic E-state index is -0.664. The Hall–Kier alpha value is -2.00. The average molecular weight is 286 g/mol. The van der Waals surface area contributed by atoms with E-state index in [-0.39, 0.29) is 0 Å². The SMILES string of the molecule is COc1cccc(Oc2ccccc2C(C)C)c1C(C)O. The molecule has 2 rings (SSSR count). The molecule has 112 valence electrons. The molecule has 0 spiro atoms. The highest BCUT2D eigenvalue weighted by molar-refractivity contribution is 5.49. The van der Waals surface area contributed by atoms with Crippen molar-refractivity contribution in [3.05, 3.63) is 53.6 Å². The molecular formula is C18H22O3. The lowest BCUT2D eigenvalue weighted by Crippen LogP contribution is -2.01. The lowest BCUT2D eigenvalue weighted by atomic mass is 10.0. The smallest absolute Gasteiger partial charge is 0.136 e. The number of para-hydroxylation sites is 1. The van der Waals surface area contributed by atoms with Crippen LogP contribution in [0.4, 0.5) is 0 Å².